The number of ether oxygens (including phenoxy) is 1. The molecule has 0 bridgehead atoms. The number of carbonyl (C=O) groups excluding carboxylic acids is 2. The van der Waals surface area contributed by atoms with E-state index in [9.17, 15) is 9.59 Å². The second kappa shape index (κ2) is 8.29. The van der Waals surface area contributed by atoms with Gasteiger partial charge in [0, 0.05) is 23.5 Å². The summed E-state index contributed by atoms with van der Waals surface area (Å²) in [5.41, 5.74) is 3.00. The van der Waals surface area contributed by atoms with E-state index in [0.717, 1.165) is 16.0 Å². The number of aryl methyl sites for hydroxylation is 2. The Labute approximate surface area is 157 Å². The number of rotatable bonds is 4. The molecule has 1 aromatic carbocycles. The molecule has 2 amide bonds. The van der Waals surface area contributed by atoms with Gasteiger partial charge in [0.1, 0.15) is 5.70 Å². The quantitative estimate of drug-likeness (QED) is 0.842. The highest BCUT2D eigenvalue weighted by Crippen LogP contribution is 2.16. The average Bonchev–Trinajstić information content (AvgIpc) is 3.16. The van der Waals surface area contributed by atoms with Crippen LogP contribution in [0.1, 0.15) is 26.4 Å². The molecular formula is C20H22N2O3S. The van der Waals surface area contributed by atoms with Gasteiger partial charge in [0.25, 0.3) is 11.8 Å². The van der Waals surface area contributed by atoms with Crippen LogP contribution in [-0.2, 0) is 9.53 Å². The van der Waals surface area contributed by atoms with Gasteiger partial charge in [-0.1, -0.05) is 12.1 Å². The minimum Gasteiger partial charge on any atom is -0.378 e. The summed E-state index contributed by atoms with van der Waals surface area (Å²) in [6.07, 6.45) is 1.74. The van der Waals surface area contributed by atoms with Gasteiger partial charge >= 0.3 is 0 Å². The smallest absolute Gasteiger partial charge is 0.270 e. The van der Waals surface area contributed by atoms with Gasteiger partial charge in [-0.05, 0) is 54.6 Å². The lowest BCUT2D eigenvalue weighted by molar-refractivity contribution is -0.131. The van der Waals surface area contributed by atoms with Gasteiger partial charge in [-0.15, -0.1) is 11.3 Å². The maximum atomic E-state index is 12.9. The monoisotopic (exact) mass is 370 g/mol. The van der Waals surface area contributed by atoms with Crippen molar-refractivity contribution in [2.24, 2.45) is 0 Å². The second-order valence-corrected chi connectivity index (χ2v) is 7.21. The third kappa shape index (κ3) is 4.39. The third-order valence-electron chi connectivity index (χ3n) is 4.38. The molecule has 0 unspecified atom stereocenters. The molecule has 1 aliphatic rings. The molecule has 1 N–H and O–H groups in total. The van der Waals surface area contributed by atoms with Crippen LogP contribution in [0.4, 0.5) is 0 Å². The molecule has 0 spiro atoms. The van der Waals surface area contributed by atoms with Crippen LogP contribution >= 0.6 is 11.3 Å². The van der Waals surface area contributed by atoms with Crippen molar-refractivity contribution >= 4 is 29.2 Å². The number of hydrogen-bond acceptors (Lipinski definition) is 4. The summed E-state index contributed by atoms with van der Waals surface area (Å²) in [6.45, 7) is 6.06. The number of nitrogens with one attached hydrogen (secondary N) is 1. The average molecular weight is 370 g/mol. The highest BCUT2D eigenvalue weighted by atomic mass is 32.1. The molecule has 6 heteroatoms. The molecule has 0 aliphatic carbocycles. The maximum Gasteiger partial charge on any atom is 0.270 e. The number of morpholine rings is 1. The molecule has 0 saturated carbocycles. The fourth-order valence-corrected chi connectivity index (χ4v) is 3.34. The van der Waals surface area contributed by atoms with Crippen molar-refractivity contribution in [3.05, 3.63) is 63.0 Å². The molecule has 0 atom stereocenters. The van der Waals surface area contributed by atoms with E-state index in [1.54, 1.807) is 17.0 Å². The Morgan fingerprint density at radius 3 is 2.58 bits per heavy atom. The number of hydrogen-bond donors (Lipinski definition) is 1. The standard InChI is InChI=1S/C20H22N2O3S/c1-14-5-6-16(12-15(14)2)19(23)21-18(13-17-4-3-11-26-17)20(24)22-7-9-25-10-8-22/h3-6,11-13H,7-10H2,1-2H3,(H,21,23)/b18-13-. The van der Waals surface area contributed by atoms with Gasteiger partial charge in [-0.25, -0.2) is 0 Å². The first-order valence-electron chi connectivity index (χ1n) is 8.55. The highest BCUT2D eigenvalue weighted by Gasteiger charge is 2.23. The lowest BCUT2D eigenvalue weighted by Crippen LogP contribution is -2.44. The molecule has 2 heterocycles. The van der Waals surface area contributed by atoms with Crippen LogP contribution in [0.25, 0.3) is 6.08 Å². The summed E-state index contributed by atoms with van der Waals surface area (Å²) in [4.78, 5) is 28.2. The number of nitrogens with zero attached hydrogens (tertiary/aromatic N) is 1. The second-order valence-electron chi connectivity index (χ2n) is 6.23. The van der Waals surface area contributed by atoms with E-state index < -0.39 is 0 Å². The maximum absolute atomic E-state index is 12.9. The number of benzene rings is 1. The molecule has 5 nitrogen and oxygen atoms in total. The zero-order valence-electron chi connectivity index (χ0n) is 15.0. The molecule has 26 heavy (non-hydrogen) atoms. The van der Waals surface area contributed by atoms with Crippen LogP contribution in [-0.4, -0.2) is 43.0 Å². The summed E-state index contributed by atoms with van der Waals surface area (Å²) in [5.74, 6) is -0.462. The number of amides is 2. The van der Waals surface area contributed by atoms with Crippen LogP contribution in [0, 0.1) is 13.8 Å². The molecule has 1 aromatic heterocycles. The molecule has 2 aromatic rings. The molecule has 3 rings (SSSR count). The minimum atomic E-state index is -0.280. The van der Waals surface area contributed by atoms with Gasteiger partial charge in [0.15, 0.2) is 0 Å². The van der Waals surface area contributed by atoms with E-state index in [-0.39, 0.29) is 17.5 Å². The zero-order valence-corrected chi connectivity index (χ0v) is 15.8. The van der Waals surface area contributed by atoms with Crippen molar-refractivity contribution in [3.63, 3.8) is 0 Å². The first-order chi connectivity index (χ1) is 12.5. The van der Waals surface area contributed by atoms with E-state index >= 15 is 0 Å². The Kier molecular flexibility index (Phi) is 5.85. The topological polar surface area (TPSA) is 58.6 Å². The summed E-state index contributed by atoms with van der Waals surface area (Å²) in [7, 11) is 0. The summed E-state index contributed by atoms with van der Waals surface area (Å²) < 4.78 is 5.31. The van der Waals surface area contributed by atoms with Gasteiger partial charge in [0.2, 0.25) is 0 Å². The van der Waals surface area contributed by atoms with Crippen LogP contribution in [0.15, 0.2) is 41.4 Å². The molecule has 1 saturated heterocycles. The predicted molar refractivity (Wildman–Crippen MR) is 103 cm³/mol. The lowest BCUT2D eigenvalue weighted by Gasteiger charge is -2.27. The summed E-state index contributed by atoms with van der Waals surface area (Å²) in [6, 6.07) is 9.36. The van der Waals surface area contributed by atoms with E-state index in [2.05, 4.69) is 5.32 Å². The first kappa shape index (κ1) is 18.4. The van der Waals surface area contributed by atoms with Gasteiger partial charge in [-0.2, -0.15) is 0 Å². The van der Waals surface area contributed by atoms with Crippen LogP contribution in [0.2, 0.25) is 0 Å². The Morgan fingerprint density at radius 2 is 1.92 bits per heavy atom. The Balaban J connectivity index is 1.84. The molecule has 0 radical (unpaired) electrons. The van der Waals surface area contributed by atoms with Crippen molar-refractivity contribution in [1.29, 1.82) is 0 Å². The normalized spacial score (nSPS) is 15.0. The van der Waals surface area contributed by atoms with Gasteiger partial charge in [-0.3, -0.25) is 9.59 Å². The highest BCUT2D eigenvalue weighted by molar-refractivity contribution is 7.10. The van der Waals surface area contributed by atoms with Crippen LogP contribution in [0.5, 0.6) is 0 Å². The number of thiophene rings is 1. The molecule has 1 fully saturated rings. The van der Waals surface area contributed by atoms with E-state index in [0.29, 0.717) is 31.9 Å². The van der Waals surface area contributed by atoms with Crippen LogP contribution < -0.4 is 5.32 Å². The summed E-state index contributed by atoms with van der Waals surface area (Å²) >= 11 is 1.52. The molecule has 136 valence electrons. The minimum absolute atomic E-state index is 0.182. The number of carbonyl (C=O) groups is 2. The van der Waals surface area contributed by atoms with Crippen molar-refractivity contribution in [1.82, 2.24) is 10.2 Å². The molecular weight excluding hydrogens is 348 g/mol. The largest absolute Gasteiger partial charge is 0.378 e. The lowest BCUT2D eigenvalue weighted by atomic mass is 10.1. The Morgan fingerprint density at radius 1 is 1.15 bits per heavy atom. The van der Waals surface area contributed by atoms with Gasteiger partial charge in [0.05, 0.1) is 13.2 Å². The first-order valence-corrected chi connectivity index (χ1v) is 9.43. The van der Waals surface area contributed by atoms with E-state index in [1.165, 1.54) is 11.3 Å². The fourth-order valence-electron chi connectivity index (χ4n) is 2.68. The van der Waals surface area contributed by atoms with Gasteiger partial charge < -0.3 is 15.0 Å². The third-order valence-corrected chi connectivity index (χ3v) is 5.20. The SMILES string of the molecule is Cc1ccc(C(=O)N/C(=C\c2cccs2)C(=O)N2CCOCC2)cc1C. The van der Waals surface area contributed by atoms with E-state index in [4.69, 9.17) is 4.74 Å². The zero-order chi connectivity index (χ0) is 18.5. The fraction of sp³-hybridized carbons (Fsp3) is 0.300. The van der Waals surface area contributed by atoms with Crippen LogP contribution in [0.3, 0.4) is 0 Å². The van der Waals surface area contributed by atoms with Crippen molar-refractivity contribution in [2.75, 3.05) is 26.3 Å². The van der Waals surface area contributed by atoms with Crippen molar-refractivity contribution in [3.8, 4) is 0 Å². The predicted octanol–water partition coefficient (Wildman–Crippen LogP) is 2.99. The Bertz CT molecular complexity index is 822. The summed E-state index contributed by atoms with van der Waals surface area (Å²) in [5, 5.41) is 4.75. The van der Waals surface area contributed by atoms with E-state index in [1.807, 2.05) is 43.5 Å². The van der Waals surface area contributed by atoms with Crippen molar-refractivity contribution < 1.29 is 14.3 Å². The Hall–Kier alpha value is -2.44. The van der Waals surface area contributed by atoms with Crippen molar-refractivity contribution in [2.45, 2.75) is 13.8 Å². The molecule has 1 aliphatic heterocycles.